The minimum absolute atomic E-state index is 0.0923. The lowest BCUT2D eigenvalue weighted by atomic mass is 10.3. The predicted octanol–water partition coefficient (Wildman–Crippen LogP) is 1.36. The highest BCUT2D eigenvalue weighted by Crippen LogP contribution is 2.46. The molecule has 7 heteroatoms. The van der Waals surface area contributed by atoms with Gasteiger partial charge in [0.1, 0.15) is 0 Å². The van der Waals surface area contributed by atoms with E-state index in [1.165, 1.54) is 0 Å². The van der Waals surface area contributed by atoms with Gasteiger partial charge in [-0.1, -0.05) is 13.0 Å². The first-order chi connectivity index (χ1) is 9.51. The maximum atomic E-state index is 12.1. The van der Waals surface area contributed by atoms with Crippen LogP contribution in [0.5, 0.6) is 0 Å². The number of hydrogen-bond acceptors (Lipinski definition) is 5. The summed E-state index contributed by atoms with van der Waals surface area (Å²) < 4.78 is 27.1. The third-order valence-corrected chi connectivity index (χ3v) is 6.21. The van der Waals surface area contributed by atoms with Crippen molar-refractivity contribution in [3.8, 4) is 0 Å². The molecule has 112 valence electrons. The van der Waals surface area contributed by atoms with Gasteiger partial charge in [0.25, 0.3) is 10.0 Å². The summed E-state index contributed by atoms with van der Waals surface area (Å²) in [7, 11) is -3.50. The molecule has 1 aromatic rings. The van der Waals surface area contributed by atoms with E-state index >= 15 is 0 Å². The first kappa shape index (κ1) is 15.8. The van der Waals surface area contributed by atoms with Crippen LogP contribution in [0, 0.1) is 0 Å². The topological polar surface area (TPSA) is 71.1 Å². The molecular formula is C13H21N3O2S2. The minimum Gasteiger partial charge on any atom is -0.313 e. The third kappa shape index (κ3) is 3.94. The van der Waals surface area contributed by atoms with Crippen molar-refractivity contribution in [2.45, 2.75) is 36.1 Å². The van der Waals surface area contributed by atoms with Crippen molar-refractivity contribution >= 4 is 21.8 Å². The number of sulfonamides is 1. The van der Waals surface area contributed by atoms with Gasteiger partial charge in [-0.3, -0.25) is 0 Å². The number of nitrogens with zero attached hydrogens (tertiary/aromatic N) is 1. The number of thioether (sulfide) groups is 1. The molecule has 1 heterocycles. The lowest BCUT2D eigenvalue weighted by molar-refractivity contribution is 0.575. The molecule has 2 rings (SSSR count). The first-order valence-corrected chi connectivity index (χ1v) is 9.43. The lowest BCUT2D eigenvalue weighted by Gasteiger charge is -2.13. The smallest absolute Gasteiger partial charge is 0.258 e. The normalized spacial score (nSPS) is 17.1. The molecule has 0 atom stereocenters. The Morgan fingerprint density at radius 3 is 2.65 bits per heavy atom. The number of nitrogens with one attached hydrogen (secondary N) is 2. The van der Waals surface area contributed by atoms with Crippen molar-refractivity contribution in [2.24, 2.45) is 0 Å². The van der Waals surface area contributed by atoms with E-state index in [4.69, 9.17) is 0 Å². The fourth-order valence-electron chi connectivity index (χ4n) is 1.84. The van der Waals surface area contributed by atoms with Crippen LogP contribution < -0.4 is 10.0 Å². The van der Waals surface area contributed by atoms with E-state index in [0.29, 0.717) is 13.1 Å². The van der Waals surface area contributed by atoms with Crippen molar-refractivity contribution in [1.82, 2.24) is 15.0 Å². The summed E-state index contributed by atoms with van der Waals surface area (Å²) in [5.74, 6) is 0. The Balaban J connectivity index is 1.98. The molecule has 0 spiro atoms. The molecule has 1 fully saturated rings. The molecule has 0 aliphatic heterocycles. The average Bonchev–Trinajstić information content (AvgIpc) is 3.24. The summed E-state index contributed by atoms with van der Waals surface area (Å²) in [4.78, 5) is 4.05. The number of pyridine rings is 1. The minimum atomic E-state index is -3.50. The summed E-state index contributed by atoms with van der Waals surface area (Å²) in [6.07, 6.45) is 5.78. The Bertz CT molecular complexity index is 539. The highest BCUT2D eigenvalue weighted by atomic mass is 32.2. The monoisotopic (exact) mass is 315 g/mol. The van der Waals surface area contributed by atoms with Crippen LogP contribution in [0.25, 0.3) is 0 Å². The van der Waals surface area contributed by atoms with Crippen LogP contribution in [-0.2, 0) is 16.6 Å². The van der Waals surface area contributed by atoms with Gasteiger partial charge in [-0.15, -0.1) is 0 Å². The van der Waals surface area contributed by atoms with E-state index < -0.39 is 10.0 Å². The molecule has 0 saturated heterocycles. The van der Waals surface area contributed by atoms with Gasteiger partial charge >= 0.3 is 0 Å². The standard InChI is InChI=1S/C13H21N3O2S2/c1-3-14-8-11-4-5-12(15-9-11)20(17,18)16-10-13(19-2)6-7-13/h4-5,9,14,16H,3,6-8,10H2,1-2H3. The Morgan fingerprint density at radius 2 is 2.15 bits per heavy atom. The second kappa shape index (κ2) is 6.43. The van der Waals surface area contributed by atoms with Crippen LogP contribution in [0.3, 0.4) is 0 Å². The Morgan fingerprint density at radius 1 is 1.40 bits per heavy atom. The molecule has 1 aromatic heterocycles. The third-order valence-electron chi connectivity index (χ3n) is 3.48. The van der Waals surface area contributed by atoms with Crippen molar-refractivity contribution in [3.63, 3.8) is 0 Å². The number of rotatable bonds is 8. The second-order valence-corrected chi connectivity index (χ2v) is 7.98. The van der Waals surface area contributed by atoms with E-state index in [9.17, 15) is 8.42 Å². The number of aromatic nitrogens is 1. The molecule has 0 amide bonds. The lowest BCUT2D eigenvalue weighted by Crippen LogP contribution is -2.32. The molecule has 0 radical (unpaired) electrons. The molecule has 1 aliphatic rings. The fourth-order valence-corrected chi connectivity index (χ4v) is 3.71. The molecule has 0 unspecified atom stereocenters. The molecule has 0 bridgehead atoms. The van der Waals surface area contributed by atoms with Gasteiger partial charge < -0.3 is 5.32 Å². The SMILES string of the molecule is CCNCc1ccc(S(=O)(=O)NCC2(SC)CC2)nc1. The first-order valence-electron chi connectivity index (χ1n) is 6.72. The van der Waals surface area contributed by atoms with Crippen LogP contribution in [0.1, 0.15) is 25.3 Å². The van der Waals surface area contributed by atoms with Gasteiger partial charge in [0.2, 0.25) is 0 Å². The van der Waals surface area contributed by atoms with Crippen molar-refractivity contribution in [1.29, 1.82) is 0 Å². The zero-order chi connectivity index (χ0) is 14.6. The van der Waals surface area contributed by atoms with Gasteiger partial charge in [0, 0.05) is 24.0 Å². The number of hydrogen-bond donors (Lipinski definition) is 2. The second-order valence-electron chi connectivity index (χ2n) is 5.00. The summed E-state index contributed by atoms with van der Waals surface area (Å²) in [5.41, 5.74) is 0.980. The van der Waals surface area contributed by atoms with Crippen molar-refractivity contribution in [2.75, 3.05) is 19.3 Å². The molecule has 1 saturated carbocycles. The van der Waals surface area contributed by atoms with Crippen LogP contribution in [0.4, 0.5) is 0 Å². The zero-order valence-corrected chi connectivity index (χ0v) is 13.5. The van der Waals surface area contributed by atoms with Crippen LogP contribution >= 0.6 is 11.8 Å². The van der Waals surface area contributed by atoms with Gasteiger partial charge in [0.15, 0.2) is 5.03 Å². The molecule has 2 N–H and O–H groups in total. The van der Waals surface area contributed by atoms with Gasteiger partial charge in [-0.05, 0) is 37.3 Å². The van der Waals surface area contributed by atoms with E-state index in [2.05, 4.69) is 15.0 Å². The Hall–Kier alpha value is -0.630. The van der Waals surface area contributed by atoms with E-state index in [1.807, 2.05) is 13.2 Å². The van der Waals surface area contributed by atoms with Crippen LogP contribution in [0.15, 0.2) is 23.4 Å². The average molecular weight is 315 g/mol. The maximum absolute atomic E-state index is 12.1. The van der Waals surface area contributed by atoms with Crippen molar-refractivity contribution < 1.29 is 8.42 Å². The van der Waals surface area contributed by atoms with E-state index in [0.717, 1.165) is 24.9 Å². The molecular weight excluding hydrogens is 294 g/mol. The van der Waals surface area contributed by atoms with Crippen LogP contribution in [-0.4, -0.2) is 37.5 Å². The molecule has 1 aliphatic carbocycles. The van der Waals surface area contributed by atoms with Crippen LogP contribution in [0.2, 0.25) is 0 Å². The summed E-state index contributed by atoms with van der Waals surface area (Å²) in [5, 5.41) is 3.27. The molecule has 20 heavy (non-hydrogen) atoms. The fraction of sp³-hybridized carbons (Fsp3) is 0.615. The quantitative estimate of drug-likeness (QED) is 0.758. The van der Waals surface area contributed by atoms with Gasteiger partial charge in [0.05, 0.1) is 0 Å². The Labute approximate surface area is 125 Å². The van der Waals surface area contributed by atoms with Gasteiger partial charge in [-0.25, -0.2) is 18.1 Å². The summed E-state index contributed by atoms with van der Waals surface area (Å²) >= 11 is 1.73. The zero-order valence-electron chi connectivity index (χ0n) is 11.8. The van der Waals surface area contributed by atoms with E-state index in [1.54, 1.807) is 30.1 Å². The summed E-state index contributed by atoms with van der Waals surface area (Å²) in [6, 6.07) is 3.36. The molecule has 5 nitrogen and oxygen atoms in total. The van der Waals surface area contributed by atoms with E-state index in [-0.39, 0.29) is 9.77 Å². The highest BCUT2D eigenvalue weighted by Gasteiger charge is 2.42. The summed E-state index contributed by atoms with van der Waals surface area (Å²) in [6.45, 7) is 4.08. The largest absolute Gasteiger partial charge is 0.313 e. The predicted molar refractivity (Wildman–Crippen MR) is 82.3 cm³/mol. The van der Waals surface area contributed by atoms with Gasteiger partial charge in [-0.2, -0.15) is 11.8 Å². The highest BCUT2D eigenvalue weighted by molar-refractivity contribution is 8.00. The van der Waals surface area contributed by atoms with Crippen molar-refractivity contribution in [3.05, 3.63) is 23.9 Å². The molecule has 0 aromatic carbocycles. The Kier molecular flexibility index (Phi) is 5.06. The maximum Gasteiger partial charge on any atom is 0.258 e.